The molecule has 6 heteroatoms. The zero-order valence-corrected chi connectivity index (χ0v) is 8.12. The number of hydrogen-bond donors (Lipinski definition) is 2. The van der Waals surface area contributed by atoms with Gasteiger partial charge < -0.3 is 15.5 Å². The number of hydrogen-bond acceptors (Lipinski definition) is 5. The van der Waals surface area contributed by atoms with Crippen LogP contribution in [0.3, 0.4) is 0 Å². The van der Waals surface area contributed by atoms with E-state index >= 15 is 0 Å². The van der Waals surface area contributed by atoms with Crippen LogP contribution in [0, 0.1) is 0 Å². The molecule has 1 atom stereocenters. The van der Waals surface area contributed by atoms with Gasteiger partial charge in [-0.05, 0) is 0 Å². The molecule has 1 aromatic rings. The Kier molecular flexibility index (Phi) is 3.35. The highest BCUT2D eigenvalue weighted by Crippen LogP contribution is 2.11. The van der Waals surface area contributed by atoms with Crippen LogP contribution in [0.5, 0.6) is 0 Å². The Morgan fingerprint density at radius 2 is 2.50 bits per heavy atom. The molecule has 76 valence electrons. The summed E-state index contributed by atoms with van der Waals surface area (Å²) >= 11 is 0. The highest BCUT2D eigenvalue weighted by atomic mass is 16.3. The molecule has 0 amide bonds. The van der Waals surface area contributed by atoms with E-state index in [0.717, 1.165) is 0 Å². The van der Waals surface area contributed by atoms with Gasteiger partial charge in [0.1, 0.15) is 6.10 Å². The van der Waals surface area contributed by atoms with Gasteiger partial charge >= 0.3 is 0 Å². The molecule has 0 aliphatic rings. The average molecular weight is 195 g/mol. The largest absolute Gasteiger partial charge is 0.380 e. The lowest BCUT2D eigenvalue weighted by Crippen LogP contribution is -2.17. The number of aromatic nitrogens is 2. The first-order chi connectivity index (χ1) is 6.70. The Morgan fingerprint density at radius 1 is 1.79 bits per heavy atom. The summed E-state index contributed by atoms with van der Waals surface area (Å²) in [5, 5.41) is 13.2. The molecule has 1 unspecified atom stereocenters. The fraction of sp³-hybridized carbons (Fsp3) is 0.375. The SMILES string of the molecule is CN=C(C=NN)C(O)c1cncn1C. The number of hydrazone groups is 1. The number of rotatable bonds is 3. The Hall–Kier alpha value is -1.69. The molecule has 6 nitrogen and oxygen atoms in total. The molecular weight excluding hydrogens is 182 g/mol. The molecule has 0 aliphatic carbocycles. The summed E-state index contributed by atoms with van der Waals surface area (Å²) in [4.78, 5) is 7.76. The monoisotopic (exact) mass is 195 g/mol. The predicted molar refractivity (Wildman–Crippen MR) is 54.2 cm³/mol. The van der Waals surface area contributed by atoms with E-state index in [1.165, 1.54) is 6.21 Å². The fourth-order valence-electron chi connectivity index (χ4n) is 1.11. The van der Waals surface area contributed by atoms with E-state index in [9.17, 15) is 5.11 Å². The van der Waals surface area contributed by atoms with E-state index in [-0.39, 0.29) is 0 Å². The summed E-state index contributed by atoms with van der Waals surface area (Å²) < 4.78 is 1.71. The first-order valence-corrected chi connectivity index (χ1v) is 4.05. The molecule has 1 heterocycles. The number of nitrogens with two attached hydrogens (primary N) is 1. The Bertz CT molecular complexity index is 354. The number of nitrogens with zero attached hydrogens (tertiary/aromatic N) is 4. The smallest absolute Gasteiger partial charge is 0.138 e. The normalized spacial score (nSPS) is 14.9. The van der Waals surface area contributed by atoms with Gasteiger partial charge in [0.05, 0.1) is 30.1 Å². The Labute approximate surface area is 81.8 Å². The minimum atomic E-state index is -0.847. The second-order valence-corrected chi connectivity index (χ2v) is 2.76. The maximum atomic E-state index is 9.84. The lowest BCUT2D eigenvalue weighted by atomic mass is 10.2. The first-order valence-electron chi connectivity index (χ1n) is 4.05. The van der Waals surface area contributed by atoms with E-state index in [1.807, 2.05) is 0 Å². The Balaban J connectivity index is 2.95. The molecule has 0 saturated heterocycles. The molecule has 0 aromatic carbocycles. The van der Waals surface area contributed by atoms with Crippen LogP contribution in [-0.4, -0.2) is 33.6 Å². The topological polar surface area (TPSA) is 88.8 Å². The van der Waals surface area contributed by atoms with Crippen LogP contribution >= 0.6 is 0 Å². The van der Waals surface area contributed by atoms with Gasteiger partial charge in [0, 0.05) is 14.1 Å². The zero-order valence-electron chi connectivity index (χ0n) is 8.12. The van der Waals surface area contributed by atoms with Gasteiger partial charge in [-0.15, -0.1) is 0 Å². The molecule has 0 spiro atoms. The van der Waals surface area contributed by atoms with E-state index in [0.29, 0.717) is 11.4 Å². The lowest BCUT2D eigenvalue weighted by Gasteiger charge is -2.09. The maximum Gasteiger partial charge on any atom is 0.138 e. The van der Waals surface area contributed by atoms with Crippen molar-refractivity contribution in [1.29, 1.82) is 0 Å². The van der Waals surface area contributed by atoms with Crippen LogP contribution in [0.2, 0.25) is 0 Å². The first kappa shape index (κ1) is 10.4. The van der Waals surface area contributed by atoms with Crippen molar-refractivity contribution in [2.24, 2.45) is 23.0 Å². The third-order valence-corrected chi connectivity index (χ3v) is 1.88. The summed E-state index contributed by atoms with van der Waals surface area (Å²) in [7, 11) is 3.36. The van der Waals surface area contributed by atoms with E-state index in [4.69, 9.17) is 5.84 Å². The average Bonchev–Trinajstić information content (AvgIpc) is 2.59. The molecule has 0 radical (unpaired) electrons. The van der Waals surface area contributed by atoms with Crippen LogP contribution in [0.15, 0.2) is 22.6 Å². The highest BCUT2D eigenvalue weighted by molar-refractivity contribution is 6.32. The van der Waals surface area contributed by atoms with Crippen molar-refractivity contribution in [3.8, 4) is 0 Å². The third kappa shape index (κ3) is 1.97. The van der Waals surface area contributed by atoms with Gasteiger partial charge in [-0.1, -0.05) is 0 Å². The molecule has 0 bridgehead atoms. The zero-order chi connectivity index (χ0) is 10.6. The Morgan fingerprint density at radius 3 is 2.93 bits per heavy atom. The fourth-order valence-corrected chi connectivity index (χ4v) is 1.11. The molecule has 0 aliphatic heterocycles. The van der Waals surface area contributed by atoms with Gasteiger partial charge in [0.25, 0.3) is 0 Å². The minimum absolute atomic E-state index is 0.399. The van der Waals surface area contributed by atoms with Gasteiger partial charge in [-0.3, -0.25) is 4.99 Å². The standard InChI is InChI=1S/C8H13N5O/c1-10-6(3-12-9)8(14)7-4-11-5-13(7)2/h3-5,8,14H,9H2,1-2H3. The van der Waals surface area contributed by atoms with Crippen molar-refractivity contribution in [2.45, 2.75) is 6.10 Å². The van der Waals surface area contributed by atoms with Crippen molar-refractivity contribution in [2.75, 3.05) is 7.05 Å². The molecule has 0 saturated carbocycles. The van der Waals surface area contributed by atoms with Gasteiger partial charge in [-0.25, -0.2) is 4.98 Å². The third-order valence-electron chi connectivity index (χ3n) is 1.88. The van der Waals surface area contributed by atoms with E-state index in [2.05, 4.69) is 15.1 Å². The molecule has 1 aromatic heterocycles. The van der Waals surface area contributed by atoms with Crippen LogP contribution < -0.4 is 5.84 Å². The van der Waals surface area contributed by atoms with Crippen LogP contribution in [0.25, 0.3) is 0 Å². The van der Waals surface area contributed by atoms with Crippen LogP contribution in [0.4, 0.5) is 0 Å². The van der Waals surface area contributed by atoms with Crippen molar-refractivity contribution >= 4 is 11.9 Å². The van der Waals surface area contributed by atoms with Crippen molar-refractivity contribution in [3.63, 3.8) is 0 Å². The van der Waals surface area contributed by atoms with Crippen molar-refractivity contribution in [1.82, 2.24) is 9.55 Å². The van der Waals surface area contributed by atoms with Crippen LogP contribution in [0.1, 0.15) is 11.8 Å². The second-order valence-electron chi connectivity index (χ2n) is 2.76. The predicted octanol–water partition coefficient (Wildman–Crippen LogP) is -0.531. The minimum Gasteiger partial charge on any atom is -0.380 e. The molecule has 1 rings (SSSR count). The number of aryl methyl sites for hydroxylation is 1. The molecule has 3 N–H and O–H groups in total. The van der Waals surface area contributed by atoms with Gasteiger partial charge in [0.2, 0.25) is 0 Å². The molecule has 0 fully saturated rings. The maximum absolute atomic E-state index is 9.84. The van der Waals surface area contributed by atoms with Crippen molar-refractivity contribution < 1.29 is 5.11 Å². The summed E-state index contributed by atoms with van der Waals surface area (Å²) in [6.07, 6.45) is 3.64. The summed E-state index contributed by atoms with van der Waals surface area (Å²) in [6, 6.07) is 0. The van der Waals surface area contributed by atoms with Gasteiger partial charge in [0.15, 0.2) is 0 Å². The van der Waals surface area contributed by atoms with Crippen LogP contribution in [-0.2, 0) is 7.05 Å². The summed E-state index contributed by atoms with van der Waals surface area (Å²) in [5.74, 6) is 4.99. The number of aliphatic imine (C=N–C) groups is 1. The van der Waals surface area contributed by atoms with Crippen molar-refractivity contribution in [3.05, 3.63) is 18.2 Å². The number of imidazole rings is 1. The lowest BCUT2D eigenvalue weighted by molar-refractivity contribution is 0.240. The molecular formula is C8H13N5O. The van der Waals surface area contributed by atoms with E-state index < -0.39 is 6.10 Å². The van der Waals surface area contributed by atoms with E-state index in [1.54, 1.807) is 31.2 Å². The molecule has 14 heavy (non-hydrogen) atoms. The summed E-state index contributed by atoms with van der Waals surface area (Å²) in [6.45, 7) is 0. The highest BCUT2D eigenvalue weighted by Gasteiger charge is 2.15. The summed E-state index contributed by atoms with van der Waals surface area (Å²) in [5.41, 5.74) is 1.04. The second kappa shape index (κ2) is 4.52. The van der Waals surface area contributed by atoms with Gasteiger partial charge in [-0.2, -0.15) is 5.10 Å². The quantitative estimate of drug-likeness (QED) is 0.386. The number of aliphatic hydroxyl groups is 1. The number of aliphatic hydroxyl groups excluding tert-OH is 1.